The van der Waals surface area contributed by atoms with Crippen LogP contribution in [0.4, 0.5) is 5.69 Å². The highest BCUT2D eigenvalue weighted by molar-refractivity contribution is 7.15. The molecule has 6 heteroatoms. The van der Waals surface area contributed by atoms with Gasteiger partial charge in [0.2, 0.25) is 5.91 Å². The number of nitrogens with zero attached hydrogens (tertiary/aromatic N) is 1. The van der Waals surface area contributed by atoms with Crippen molar-refractivity contribution in [2.75, 3.05) is 11.4 Å². The Morgan fingerprint density at radius 3 is 2.73 bits per heavy atom. The maximum Gasteiger partial charge on any atom is 0.348 e. The van der Waals surface area contributed by atoms with Gasteiger partial charge in [0, 0.05) is 17.8 Å². The normalized spacial score (nSPS) is 15.9. The molecule has 2 rings (SSSR count). The van der Waals surface area contributed by atoms with Crippen molar-refractivity contribution in [3.05, 3.63) is 21.9 Å². The molecule has 2 N–H and O–H groups in total. The number of thiophene rings is 1. The molecule has 0 spiro atoms. The summed E-state index contributed by atoms with van der Waals surface area (Å²) in [5.74, 6) is -1.08. The lowest BCUT2D eigenvalue weighted by Gasteiger charge is -2.22. The fraction of sp³-hybridized carbons (Fsp3) is 0.600. The van der Waals surface area contributed by atoms with Gasteiger partial charge in [0.25, 0.3) is 0 Å². The number of anilines is 1. The Kier molecular flexibility index (Phi) is 7.85. The summed E-state index contributed by atoms with van der Waals surface area (Å²) in [4.78, 5) is 27.0. The summed E-state index contributed by atoms with van der Waals surface area (Å²) in [5, 5.41) is 19.1. The zero-order chi connectivity index (χ0) is 19.1. The van der Waals surface area contributed by atoms with Gasteiger partial charge in [0.1, 0.15) is 4.88 Å². The van der Waals surface area contributed by atoms with E-state index in [1.165, 1.54) is 29.8 Å². The van der Waals surface area contributed by atoms with Crippen LogP contribution in [0.5, 0.6) is 0 Å². The average Bonchev–Trinajstić information content (AvgIpc) is 2.85. The highest BCUT2D eigenvalue weighted by Gasteiger charge is 2.25. The minimum Gasteiger partial charge on any atom is -0.477 e. The van der Waals surface area contributed by atoms with Crippen molar-refractivity contribution in [1.29, 1.82) is 0 Å². The third kappa shape index (κ3) is 5.42. The van der Waals surface area contributed by atoms with Crippen molar-refractivity contribution in [2.24, 2.45) is 0 Å². The van der Waals surface area contributed by atoms with Crippen LogP contribution in [0.2, 0.25) is 0 Å². The van der Waals surface area contributed by atoms with E-state index in [1.54, 1.807) is 18.7 Å². The van der Waals surface area contributed by atoms with Gasteiger partial charge in [-0.25, -0.2) is 4.79 Å². The SMILES string of the molecule is CCC(=O)N(CCCC(C)O)c1cc(C2=CCCCCC2)sc1C(=O)O. The number of aliphatic hydroxyl groups excluding tert-OH is 1. The zero-order valence-electron chi connectivity index (χ0n) is 15.7. The predicted molar refractivity (Wildman–Crippen MR) is 106 cm³/mol. The van der Waals surface area contributed by atoms with Crippen LogP contribution in [0.15, 0.2) is 12.1 Å². The van der Waals surface area contributed by atoms with Crippen LogP contribution >= 0.6 is 11.3 Å². The van der Waals surface area contributed by atoms with Gasteiger partial charge < -0.3 is 15.1 Å². The number of carbonyl (C=O) groups is 2. The third-order valence-corrected chi connectivity index (χ3v) is 5.85. The lowest BCUT2D eigenvalue weighted by Crippen LogP contribution is -2.32. The maximum atomic E-state index is 12.5. The van der Waals surface area contributed by atoms with Gasteiger partial charge in [-0.3, -0.25) is 4.79 Å². The number of allylic oxidation sites excluding steroid dienone is 2. The molecule has 26 heavy (non-hydrogen) atoms. The molecule has 1 unspecified atom stereocenters. The van der Waals surface area contributed by atoms with Crippen LogP contribution in [0.1, 0.15) is 79.8 Å². The molecule has 0 fully saturated rings. The first-order chi connectivity index (χ1) is 12.4. The zero-order valence-corrected chi connectivity index (χ0v) is 16.5. The summed E-state index contributed by atoms with van der Waals surface area (Å²) in [5.41, 5.74) is 1.70. The molecule has 0 aromatic carbocycles. The van der Waals surface area contributed by atoms with Gasteiger partial charge >= 0.3 is 5.97 Å². The van der Waals surface area contributed by atoms with E-state index in [0.717, 1.165) is 24.1 Å². The number of carboxylic acids is 1. The molecule has 144 valence electrons. The first-order valence-electron chi connectivity index (χ1n) is 9.49. The van der Waals surface area contributed by atoms with Crippen molar-refractivity contribution in [3.8, 4) is 0 Å². The van der Waals surface area contributed by atoms with Gasteiger partial charge in [0.05, 0.1) is 11.8 Å². The van der Waals surface area contributed by atoms with Crippen molar-refractivity contribution in [1.82, 2.24) is 0 Å². The smallest absolute Gasteiger partial charge is 0.348 e. The number of hydrogen-bond donors (Lipinski definition) is 2. The monoisotopic (exact) mass is 379 g/mol. The van der Waals surface area contributed by atoms with E-state index in [-0.39, 0.29) is 10.8 Å². The molecule has 5 nitrogen and oxygen atoms in total. The van der Waals surface area contributed by atoms with Gasteiger partial charge in [-0.15, -0.1) is 11.3 Å². The van der Waals surface area contributed by atoms with Crippen LogP contribution in [-0.2, 0) is 4.79 Å². The largest absolute Gasteiger partial charge is 0.477 e. The van der Waals surface area contributed by atoms with Gasteiger partial charge in [-0.2, -0.15) is 0 Å². The number of rotatable bonds is 8. The summed E-state index contributed by atoms with van der Waals surface area (Å²) >= 11 is 1.27. The number of aromatic carboxylic acids is 1. The van der Waals surface area contributed by atoms with E-state index < -0.39 is 12.1 Å². The fourth-order valence-corrected chi connectivity index (χ4v) is 4.32. The third-order valence-electron chi connectivity index (χ3n) is 4.66. The van der Waals surface area contributed by atoms with E-state index in [4.69, 9.17) is 0 Å². The fourth-order valence-electron chi connectivity index (χ4n) is 3.25. The second kappa shape index (κ2) is 9.88. The summed E-state index contributed by atoms with van der Waals surface area (Å²) in [6.45, 7) is 3.93. The number of amides is 1. The second-order valence-corrected chi connectivity index (χ2v) is 7.90. The lowest BCUT2D eigenvalue weighted by atomic mass is 10.1. The summed E-state index contributed by atoms with van der Waals surface area (Å²) in [6.07, 6.45) is 8.80. The van der Waals surface area contributed by atoms with Crippen molar-refractivity contribution in [2.45, 2.75) is 71.3 Å². The number of aliphatic hydroxyl groups is 1. The highest BCUT2D eigenvalue weighted by Crippen LogP contribution is 2.38. The van der Waals surface area contributed by atoms with Crippen molar-refractivity contribution in [3.63, 3.8) is 0 Å². The molecule has 0 bridgehead atoms. The summed E-state index contributed by atoms with van der Waals surface area (Å²) < 4.78 is 0. The Balaban J connectivity index is 2.34. The Morgan fingerprint density at radius 2 is 2.08 bits per heavy atom. The molecule has 0 radical (unpaired) electrons. The van der Waals surface area contributed by atoms with E-state index in [1.807, 2.05) is 6.07 Å². The highest BCUT2D eigenvalue weighted by atomic mass is 32.1. The standard InChI is InChI=1S/C20H29NO4S/c1-3-18(23)21(12-8-9-14(2)22)16-13-17(26-19(16)20(24)25)15-10-6-4-5-7-11-15/h10,13-14,22H,3-9,11-12H2,1-2H3,(H,24,25). The second-order valence-electron chi connectivity index (χ2n) is 6.85. The van der Waals surface area contributed by atoms with E-state index in [0.29, 0.717) is 31.5 Å². The average molecular weight is 380 g/mol. The number of carboxylic acid groups (broad SMARTS) is 1. The van der Waals surface area contributed by atoms with Gasteiger partial charge in [-0.05, 0) is 57.1 Å². The molecule has 1 atom stereocenters. The molecule has 0 saturated heterocycles. The lowest BCUT2D eigenvalue weighted by molar-refractivity contribution is -0.118. The van der Waals surface area contributed by atoms with Crippen molar-refractivity contribution >= 4 is 34.5 Å². The molecular weight excluding hydrogens is 350 g/mol. The minimum absolute atomic E-state index is 0.0858. The molecule has 1 aromatic heterocycles. The molecule has 1 amide bonds. The minimum atomic E-state index is -0.991. The maximum absolute atomic E-state index is 12.5. The first-order valence-corrected chi connectivity index (χ1v) is 10.3. The summed E-state index contributed by atoms with van der Waals surface area (Å²) in [7, 11) is 0. The topological polar surface area (TPSA) is 77.8 Å². The number of hydrogen-bond acceptors (Lipinski definition) is 4. The van der Waals surface area contributed by atoms with E-state index in [9.17, 15) is 19.8 Å². The first kappa shape index (κ1) is 20.6. The van der Waals surface area contributed by atoms with Crippen LogP contribution in [-0.4, -0.2) is 34.7 Å². The van der Waals surface area contributed by atoms with Crippen LogP contribution in [0.25, 0.3) is 5.57 Å². The molecule has 0 saturated carbocycles. The number of carbonyl (C=O) groups excluding carboxylic acids is 1. The Hall–Kier alpha value is -1.66. The molecule has 1 aliphatic rings. The van der Waals surface area contributed by atoms with E-state index in [2.05, 4.69) is 6.08 Å². The van der Waals surface area contributed by atoms with Gasteiger partial charge in [0.15, 0.2) is 0 Å². The Labute approximate surface area is 159 Å². The van der Waals surface area contributed by atoms with E-state index >= 15 is 0 Å². The molecule has 1 aromatic rings. The Bertz CT molecular complexity index is 663. The van der Waals surface area contributed by atoms with Crippen molar-refractivity contribution < 1.29 is 19.8 Å². The van der Waals surface area contributed by atoms with Crippen LogP contribution < -0.4 is 4.90 Å². The summed E-state index contributed by atoms with van der Waals surface area (Å²) in [6, 6.07) is 1.88. The van der Waals surface area contributed by atoms with Crippen LogP contribution in [0, 0.1) is 0 Å². The molecule has 1 aliphatic carbocycles. The van der Waals surface area contributed by atoms with Crippen LogP contribution in [0.3, 0.4) is 0 Å². The quantitative estimate of drug-likeness (QED) is 0.686. The Morgan fingerprint density at radius 1 is 1.31 bits per heavy atom. The molecular formula is C20H29NO4S. The molecule has 0 aliphatic heterocycles. The molecule has 1 heterocycles. The van der Waals surface area contributed by atoms with Gasteiger partial charge in [-0.1, -0.05) is 19.4 Å². The predicted octanol–water partition coefficient (Wildman–Crippen LogP) is 4.70.